The standard InChI is InChI=1S/C14H12BrFN2O2/c15-11-5-9(6-12-14(11)20-4-3-19-12)7-17-10-1-2-13(16)18-8-10/h1-2,5-6,8,17H,3-4,7H2. The van der Waals surface area contributed by atoms with Crippen LogP contribution in [-0.4, -0.2) is 18.2 Å². The molecule has 1 aromatic heterocycles. The van der Waals surface area contributed by atoms with Crippen molar-refractivity contribution in [2.75, 3.05) is 18.5 Å². The Morgan fingerprint density at radius 3 is 2.90 bits per heavy atom. The molecule has 2 heterocycles. The molecule has 2 aromatic rings. The SMILES string of the molecule is Fc1ccc(NCc2cc(Br)c3c(c2)OCCO3)cn1. The third kappa shape index (κ3) is 2.85. The molecule has 0 saturated heterocycles. The van der Waals surface area contributed by atoms with E-state index < -0.39 is 5.95 Å². The number of rotatable bonds is 3. The largest absolute Gasteiger partial charge is 0.486 e. The topological polar surface area (TPSA) is 43.4 Å². The summed E-state index contributed by atoms with van der Waals surface area (Å²) in [6, 6.07) is 6.87. The second kappa shape index (κ2) is 5.66. The van der Waals surface area contributed by atoms with Gasteiger partial charge in [-0.05, 0) is 45.8 Å². The Balaban J connectivity index is 1.74. The molecule has 1 aromatic carbocycles. The summed E-state index contributed by atoms with van der Waals surface area (Å²) in [5.74, 6) is 0.987. The van der Waals surface area contributed by atoms with Gasteiger partial charge in [0, 0.05) is 6.54 Å². The molecule has 0 saturated carbocycles. The van der Waals surface area contributed by atoms with E-state index in [4.69, 9.17) is 9.47 Å². The van der Waals surface area contributed by atoms with Gasteiger partial charge in [-0.25, -0.2) is 4.98 Å². The van der Waals surface area contributed by atoms with Gasteiger partial charge in [-0.15, -0.1) is 0 Å². The van der Waals surface area contributed by atoms with Crippen molar-refractivity contribution in [3.63, 3.8) is 0 Å². The van der Waals surface area contributed by atoms with Gasteiger partial charge in [-0.1, -0.05) is 0 Å². The highest BCUT2D eigenvalue weighted by Gasteiger charge is 2.16. The number of nitrogens with one attached hydrogen (secondary N) is 1. The molecule has 0 amide bonds. The van der Waals surface area contributed by atoms with E-state index in [1.807, 2.05) is 12.1 Å². The molecule has 0 unspecified atom stereocenters. The number of pyridine rings is 1. The van der Waals surface area contributed by atoms with Crippen LogP contribution in [-0.2, 0) is 6.54 Å². The van der Waals surface area contributed by atoms with Crippen LogP contribution in [0.5, 0.6) is 11.5 Å². The number of aromatic nitrogens is 1. The zero-order chi connectivity index (χ0) is 13.9. The second-order valence-corrected chi connectivity index (χ2v) is 5.18. The molecule has 0 atom stereocenters. The van der Waals surface area contributed by atoms with Crippen molar-refractivity contribution in [2.24, 2.45) is 0 Å². The first kappa shape index (κ1) is 13.2. The van der Waals surface area contributed by atoms with Crippen molar-refractivity contribution in [3.8, 4) is 11.5 Å². The number of benzene rings is 1. The van der Waals surface area contributed by atoms with Gasteiger partial charge in [0.15, 0.2) is 11.5 Å². The van der Waals surface area contributed by atoms with E-state index in [1.165, 1.54) is 12.3 Å². The first-order valence-corrected chi connectivity index (χ1v) is 6.95. The molecular weight excluding hydrogens is 327 g/mol. The Kier molecular flexibility index (Phi) is 3.73. The van der Waals surface area contributed by atoms with Gasteiger partial charge in [0.2, 0.25) is 5.95 Å². The van der Waals surface area contributed by atoms with Crippen LogP contribution in [0.15, 0.2) is 34.9 Å². The van der Waals surface area contributed by atoms with E-state index in [0.29, 0.717) is 19.8 Å². The minimum atomic E-state index is -0.488. The summed E-state index contributed by atoms with van der Waals surface area (Å²) in [6.45, 7) is 1.70. The summed E-state index contributed by atoms with van der Waals surface area (Å²) < 4.78 is 24.7. The number of fused-ring (bicyclic) bond motifs is 1. The molecule has 1 aliphatic heterocycles. The van der Waals surface area contributed by atoms with Gasteiger partial charge >= 0.3 is 0 Å². The molecule has 4 nitrogen and oxygen atoms in total. The highest BCUT2D eigenvalue weighted by molar-refractivity contribution is 9.10. The van der Waals surface area contributed by atoms with Crippen molar-refractivity contribution in [3.05, 3.63) is 46.4 Å². The Hall–Kier alpha value is -1.82. The fraction of sp³-hybridized carbons (Fsp3) is 0.214. The minimum absolute atomic E-state index is 0.488. The highest BCUT2D eigenvalue weighted by Crippen LogP contribution is 2.38. The highest BCUT2D eigenvalue weighted by atomic mass is 79.9. The van der Waals surface area contributed by atoms with E-state index in [9.17, 15) is 4.39 Å². The number of halogens is 2. The first-order chi connectivity index (χ1) is 9.72. The molecule has 0 aliphatic carbocycles. The molecule has 104 valence electrons. The van der Waals surface area contributed by atoms with Crippen molar-refractivity contribution < 1.29 is 13.9 Å². The number of anilines is 1. The van der Waals surface area contributed by atoms with Crippen molar-refractivity contribution >= 4 is 21.6 Å². The molecule has 0 radical (unpaired) electrons. The summed E-state index contributed by atoms with van der Waals surface area (Å²) >= 11 is 3.47. The van der Waals surface area contributed by atoms with Gasteiger partial charge in [-0.2, -0.15) is 4.39 Å². The summed E-state index contributed by atoms with van der Waals surface area (Å²) in [5.41, 5.74) is 1.79. The van der Waals surface area contributed by atoms with Crippen LogP contribution in [0.4, 0.5) is 10.1 Å². The minimum Gasteiger partial charge on any atom is -0.486 e. The van der Waals surface area contributed by atoms with Crippen LogP contribution >= 0.6 is 15.9 Å². The monoisotopic (exact) mass is 338 g/mol. The average Bonchev–Trinajstić information content (AvgIpc) is 2.47. The fourth-order valence-corrected chi connectivity index (χ4v) is 2.55. The third-order valence-electron chi connectivity index (χ3n) is 2.88. The van der Waals surface area contributed by atoms with Crippen LogP contribution in [0.2, 0.25) is 0 Å². The predicted molar refractivity (Wildman–Crippen MR) is 76.7 cm³/mol. The van der Waals surface area contributed by atoms with Gasteiger partial charge in [0.1, 0.15) is 13.2 Å². The van der Waals surface area contributed by atoms with E-state index >= 15 is 0 Å². The van der Waals surface area contributed by atoms with Gasteiger partial charge in [-0.3, -0.25) is 0 Å². The fourth-order valence-electron chi connectivity index (χ4n) is 1.95. The number of ether oxygens (including phenoxy) is 2. The van der Waals surface area contributed by atoms with E-state index in [2.05, 4.69) is 26.2 Å². The average molecular weight is 339 g/mol. The molecule has 0 bridgehead atoms. The number of nitrogens with zero attached hydrogens (tertiary/aromatic N) is 1. The van der Waals surface area contributed by atoms with E-state index in [1.54, 1.807) is 6.07 Å². The second-order valence-electron chi connectivity index (χ2n) is 4.32. The smallest absolute Gasteiger partial charge is 0.212 e. The first-order valence-electron chi connectivity index (χ1n) is 6.16. The Morgan fingerprint density at radius 1 is 1.25 bits per heavy atom. The van der Waals surface area contributed by atoms with Gasteiger partial charge in [0.05, 0.1) is 16.4 Å². The van der Waals surface area contributed by atoms with Crippen LogP contribution in [0.1, 0.15) is 5.56 Å². The van der Waals surface area contributed by atoms with Crippen LogP contribution < -0.4 is 14.8 Å². The van der Waals surface area contributed by atoms with Gasteiger partial charge in [0.25, 0.3) is 0 Å². The molecule has 20 heavy (non-hydrogen) atoms. The zero-order valence-corrected chi connectivity index (χ0v) is 12.1. The quantitative estimate of drug-likeness (QED) is 0.871. The summed E-state index contributed by atoms with van der Waals surface area (Å²) in [4.78, 5) is 3.60. The number of hydrogen-bond acceptors (Lipinski definition) is 4. The van der Waals surface area contributed by atoms with E-state index in [-0.39, 0.29) is 0 Å². The third-order valence-corrected chi connectivity index (χ3v) is 3.47. The van der Waals surface area contributed by atoms with Crippen molar-refractivity contribution in [1.82, 2.24) is 4.98 Å². The predicted octanol–water partition coefficient (Wildman–Crippen LogP) is 3.37. The molecule has 0 fully saturated rings. The Labute approximate surface area is 124 Å². The summed E-state index contributed by atoms with van der Waals surface area (Å²) in [7, 11) is 0. The van der Waals surface area contributed by atoms with Crippen molar-refractivity contribution in [1.29, 1.82) is 0 Å². The lowest BCUT2D eigenvalue weighted by Gasteiger charge is -2.20. The lowest BCUT2D eigenvalue weighted by Crippen LogP contribution is -2.16. The molecule has 1 N–H and O–H groups in total. The molecule has 0 spiro atoms. The molecule has 3 rings (SSSR count). The maximum absolute atomic E-state index is 12.7. The molecule has 6 heteroatoms. The maximum atomic E-state index is 12.7. The number of hydrogen-bond donors (Lipinski definition) is 1. The molecular formula is C14H12BrFN2O2. The Bertz CT molecular complexity index is 619. The van der Waals surface area contributed by atoms with Crippen molar-refractivity contribution in [2.45, 2.75) is 6.54 Å². The summed E-state index contributed by atoms with van der Waals surface area (Å²) in [6.07, 6.45) is 1.46. The normalized spacial score (nSPS) is 13.1. The lowest BCUT2D eigenvalue weighted by atomic mass is 10.2. The lowest BCUT2D eigenvalue weighted by molar-refractivity contribution is 0.170. The Morgan fingerprint density at radius 2 is 2.10 bits per heavy atom. The maximum Gasteiger partial charge on any atom is 0.212 e. The van der Waals surface area contributed by atoms with Crippen LogP contribution in [0.25, 0.3) is 0 Å². The van der Waals surface area contributed by atoms with Crippen LogP contribution in [0, 0.1) is 5.95 Å². The van der Waals surface area contributed by atoms with Crippen LogP contribution in [0.3, 0.4) is 0 Å². The summed E-state index contributed by atoms with van der Waals surface area (Å²) in [5, 5.41) is 3.18. The molecule has 1 aliphatic rings. The van der Waals surface area contributed by atoms with E-state index in [0.717, 1.165) is 27.2 Å². The van der Waals surface area contributed by atoms with Gasteiger partial charge < -0.3 is 14.8 Å². The zero-order valence-electron chi connectivity index (χ0n) is 10.5.